The zero-order chi connectivity index (χ0) is 22.9. The number of hydrogen-bond donors (Lipinski definition) is 2. The first kappa shape index (κ1) is 22.3. The SMILES string of the molecule is CNCCCOc1ccc(-c2cccc(S(=O)(=O)N(C)C)c2)c2c1[nH]c1ncc(C)cc12.[HH]. The molecule has 0 saturated heterocycles. The van der Waals surface area contributed by atoms with Crippen molar-refractivity contribution in [3.05, 3.63) is 54.2 Å². The summed E-state index contributed by atoms with van der Waals surface area (Å²) in [6.07, 6.45) is 2.72. The van der Waals surface area contributed by atoms with E-state index >= 15 is 0 Å². The number of fused-ring (bicyclic) bond motifs is 3. The van der Waals surface area contributed by atoms with Crippen LogP contribution in [0.1, 0.15) is 13.4 Å². The van der Waals surface area contributed by atoms with Crippen LogP contribution in [0.5, 0.6) is 5.75 Å². The van der Waals surface area contributed by atoms with Crippen LogP contribution in [0, 0.1) is 6.92 Å². The van der Waals surface area contributed by atoms with E-state index in [1.54, 1.807) is 18.2 Å². The van der Waals surface area contributed by atoms with Gasteiger partial charge in [-0.1, -0.05) is 12.1 Å². The first-order valence-corrected chi connectivity index (χ1v) is 12.0. The Balaban J connectivity index is 0.00000306. The number of pyridine rings is 1. The first-order chi connectivity index (χ1) is 15.3. The number of benzene rings is 2. The minimum absolute atomic E-state index is 0. The Morgan fingerprint density at radius 2 is 2.00 bits per heavy atom. The predicted octanol–water partition coefficient (Wildman–Crippen LogP) is 4.18. The molecule has 4 rings (SSSR count). The molecule has 0 atom stereocenters. The summed E-state index contributed by atoms with van der Waals surface area (Å²) in [5.41, 5.74) is 4.43. The molecule has 0 aliphatic heterocycles. The van der Waals surface area contributed by atoms with Gasteiger partial charge >= 0.3 is 0 Å². The third-order valence-electron chi connectivity index (χ3n) is 5.46. The molecule has 8 heteroatoms. The summed E-state index contributed by atoms with van der Waals surface area (Å²) in [6, 6.07) is 13.1. The van der Waals surface area contributed by atoms with Crippen molar-refractivity contribution in [2.45, 2.75) is 18.2 Å². The quantitative estimate of drug-likeness (QED) is 0.390. The van der Waals surface area contributed by atoms with Crippen LogP contribution in [0.3, 0.4) is 0 Å². The average molecular weight is 455 g/mol. The van der Waals surface area contributed by atoms with Gasteiger partial charge in [0.05, 0.1) is 17.0 Å². The molecule has 0 bridgehead atoms. The molecular weight excluding hydrogens is 424 g/mol. The van der Waals surface area contributed by atoms with Gasteiger partial charge in [0.1, 0.15) is 11.4 Å². The van der Waals surface area contributed by atoms with E-state index in [1.165, 1.54) is 18.4 Å². The summed E-state index contributed by atoms with van der Waals surface area (Å²) in [5, 5.41) is 5.08. The number of aryl methyl sites for hydroxylation is 1. The van der Waals surface area contributed by atoms with Crippen molar-refractivity contribution in [2.24, 2.45) is 0 Å². The van der Waals surface area contributed by atoms with Gasteiger partial charge in [-0.05, 0) is 74.0 Å². The van der Waals surface area contributed by atoms with Crippen LogP contribution in [-0.4, -0.2) is 57.0 Å². The van der Waals surface area contributed by atoms with Gasteiger partial charge in [0.25, 0.3) is 0 Å². The molecule has 2 aromatic carbocycles. The summed E-state index contributed by atoms with van der Waals surface area (Å²) in [4.78, 5) is 8.23. The number of rotatable bonds is 8. The second-order valence-corrected chi connectivity index (χ2v) is 10.2. The van der Waals surface area contributed by atoms with Crippen LogP contribution in [0.2, 0.25) is 0 Å². The van der Waals surface area contributed by atoms with Crippen LogP contribution in [0.4, 0.5) is 0 Å². The highest BCUT2D eigenvalue weighted by atomic mass is 32.2. The van der Waals surface area contributed by atoms with Crippen LogP contribution >= 0.6 is 0 Å². The topological polar surface area (TPSA) is 87.3 Å². The van der Waals surface area contributed by atoms with Crippen molar-refractivity contribution < 1.29 is 14.6 Å². The fourth-order valence-electron chi connectivity index (χ4n) is 3.79. The van der Waals surface area contributed by atoms with E-state index in [0.29, 0.717) is 6.61 Å². The molecule has 0 fully saturated rings. The molecule has 0 saturated carbocycles. The highest BCUT2D eigenvalue weighted by Gasteiger charge is 2.20. The summed E-state index contributed by atoms with van der Waals surface area (Å²) >= 11 is 0. The van der Waals surface area contributed by atoms with Gasteiger partial charge in [-0.2, -0.15) is 0 Å². The molecule has 2 heterocycles. The Bertz CT molecular complexity index is 1380. The molecule has 0 unspecified atom stereocenters. The zero-order valence-electron chi connectivity index (χ0n) is 18.8. The lowest BCUT2D eigenvalue weighted by Gasteiger charge is -2.14. The van der Waals surface area contributed by atoms with Crippen molar-refractivity contribution >= 4 is 32.0 Å². The maximum atomic E-state index is 12.7. The monoisotopic (exact) mass is 454 g/mol. The third kappa shape index (κ3) is 4.09. The van der Waals surface area contributed by atoms with Gasteiger partial charge < -0.3 is 15.0 Å². The van der Waals surface area contributed by atoms with Crippen LogP contribution in [0.15, 0.2) is 53.6 Å². The fraction of sp³-hybridized carbons (Fsp3) is 0.292. The lowest BCUT2D eigenvalue weighted by atomic mass is 9.99. The summed E-state index contributed by atoms with van der Waals surface area (Å²) < 4.78 is 32.7. The molecular formula is C24H30N4O3S. The number of ether oxygens (including phenoxy) is 1. The normalized spacial score (nSPS) is 12.2. The first-order valence-electron chi connectivity index (χ1n) is 10.5. The summed E-state index contributed by atoms with van der Waals surface area (Å²) in [7, 11) is 1.45. The molecule has 32 heavy (non-hydrogen) atoms. The Morgan fingerprint density at radius 3 is 2.75 bits per heavy atom. The lowest BCUT2D eigenvalue weighted by Crippen LogP contribution is -2.22. The smallest absolute Gasteiger partial charge is 0.242 e. The van der Waals surface area contributed by atoms with Crippen LogP contribution in [-0.2, 0) is 10.0 Å². The molecule has 2 aromatic heterocycles. The zero-order valence-corrected chi connectivity index (χ0v) is 19.6. The van der Waals surface area contributed by atoms with Crippen LogP contribution in [0.25, 0.3) is 33.1 Å². The van der Waals surface area contributed by atoms with E-state index in [1.807, 2.05) is 38.4 Å². The van der Waals surface area contributed by atoms with Crippen molar-refractivity contribution in [1.82, 2.24) is 19.6 Å². The molecule has 0 aliphatic carbocycles. The minimum atomic E-state index is -3.54. The van der Waals surface area contributed by atoms with E-state index in [-0.39, 0.29) is 6.32 Å². The van der Waals surface area contributed by atoms with Gasteiger partial charge in [0, 0.05) is 32.5 Å². The van der Waals surface area contributed by atoms with Crippen molar-refractivity contribution in [1.29, 1.82) is 0 Å². The number of nitrogens with zero attached hydrogens (tertiary/aromatic N) is 2. The Morgan fingerprint density at radius 1 is 1.19 bits per heavy atom. The van der Waals surface area contributed by atoms with Gasteiger partial charge in [-0.15, -0.1) is 0 Å². The Labute approximate surface area is 190 Å². The number of hydrogen-bond acceptors (Lipinski definition) is 5. The second kappa shape index (κ2) is 8.90. The molecule has 7 nitrogen and oxygen atoms in total. The Hall–Kier alpha value is -2.94. The van der Waals surface area contributed by atoms with Crippen molar-refractivity contribution in [3.8, 4) is 16.9 Å². The van der Waals surface area contributed by atoms with Gasteiger partial charge in [-0.25, -0.2) is 17.7 Å². The molecule has 0 amide bonds. The number of aromatic amines is 1. The maximum Gasteiger partial charge on any atom is 0.242 e. The van der Waals surface area contributed by atoms with E-state index in [9.17, 15) is 8.42 Å². The highest BCUT2D eigenvalue weighted by molar-refractivity contribution is 7.89. The third-order valence-corrected chi connectivity index (χ3v) is 7.27. The van der Waals surface area contributed by atoms with Gasteiger partial charge in [-0.3, -0.25) is 0 Å². The fourth-order valence-corrected chi connectivity index (χ4v) is 4.74. The number of H-pyrrole nitrogens is 1. The maximum absolute atomic E-state index is 12.7. The lowest BCUT2D eigenvalue weighted by molar-refractivity contribution is 0.313. The molecule has 0 spiro atoms. The summed E-state index contributed by atoms with van der Waals surface area (Å²) in [5.74, 6) is 0.757. The molecule has 2 N–H and O–H groups in total. The van der Waals surface area contributed by atoms with Crippen molar-refractivity contribution in [2.75, 3.05) is 34.3 Å². The number of sulfonamides is 1. The van der Waals surface area contributed by atoms with E-state index < -0.39 is 10.0 Å². The van der Waals surface area contributed by atoms with Crippen molar-refractivity contribution in [3.63, 3.8) is 0 Å². The number of nitrogens with one attached hydrogen (secondary N) is 2. The standard InChI is InChI=1S/C24H28N4O3S.H2/c1-16-13-20-22-19(17-7-5-8-18(14-17)32(29,30)28(3)4)9-10-21(31-12-6-11-25-2)23(22)27-24(20)26-15-16;/h5,7-10,13-15,25H,6,11-12H2,1-4H3,(H,26,27);1H. The predicted molar refractivity (Wildman–Crippen MR) is 131 cm³/mol. The largest absolute Gasteiger partial charge is 0.491 e. The Kier molecular flexibility index (Phi) is 6.19. The highest BCUT2D eigenvalue weighted by Crippen LogP contribution is 2.39. The average Bonchev–Trinajstić information content (AvgIpc) is 3.15. The van der Waals surface area contributed by atoms with Crippen LogP contribution < -0.4 is 10.1 Å². The molecule has 0 aliphatic rings. The van der Waals surface area contributed by atoms with Gasteiger partial charge in [0.15, 0.2) is 0 Å². The second-order valence-electron chi connectivity index (χ2n) is 8.02. The molecule has 170 valence electrons. The molecule has 0 radical (unpaired) electrons. The van der Waals surface area contributed by atoms with E-state index in [0.717, 1.165) is 57.3 Å². The molecule has 4 aromatic rings. The summed E-state index contributed by atoms with van der Waals surface area (Å²) in [6.45, 7) is 3.48. The number of aromatic nitrogens is 2. The van der Waals surface area contributed by atoms with E-state index in [4.69, 9.17) is 4.74 Å². The van der Waals surface area contributed by atoms with E-state index in [2.05, 4.69) is 21.4 Å². The minimum Gasteiger partial charge on any atom is -0.491 e. The van der Waals surface area contributed by atoms with Gasteiger partial charge in [0.2, 0.25) is 10.0 Å².